The number of benzene rings is 2. The van der Waals surface area contributed by atoms with E-state index in [4.69, 9.17) is 25.2 Å². The quantitative estimate of drug-likeness (QED) is 0.239. The summed E-state index contributed by atoms with van der Waals surface area (Å²) >= 11 is 0. The molecular weight excluding hydrogens is 608 g/mol. The molecule has 1 spiro atoms. The highest BCUT2D eigenvalue weighted by Crippen LogP contribution is 2.66. The van der Waals surface area contributed by atoms with E-state index in [1.54, 1.807) is 6.07 Å². The number of aliphatic hydroxyl groups excluding tert-OH is 2. The van der Waals surface area contributed by atoms with Crippen molar-refractivity contribution in [3.05, 3.63) is 64.7 Å². The van der Waals surface area contributed by atoms with Gasteiger partial charge in [-0.25, -0.2) is 9.59 Å². The number of carbonyl (C=O) groups excluding carboxylic acids is 1. The summed E-state index contributed by atoms with van der Waals surface area (Å²) in [5, 5.41) is 56.1. The minimum atomic E-state index is -2.27. The monoisotopic (exact) mass is 648 g/mol. The van der Waals surface area contributed by atoms with Crippen LogP contribution in [0, 0.1) is 5.92 Å². The van der Waals surface area contributed by atoms with Gasteiger partial charge in [-0.05, 0) is 80.7 Å². The summed E-state index contributed by atoms with van der Waals surface area (Å²) in [5.41, 5.74) is 2.60. The number of phenolic OH excluding ortho intramolecular Hbond substituents is 1. The Morgan fingerprint density at radius 3 is 2.34 bits per heavy atom. The van der Waals surface area contributed by atoms with Crippen LogP contribution in [0.4, 0.5) is 0 Å². The summed E-state index contributed by atoms with van der Waals surface area (Å²) < 4.78 is 6.69. The fourth-order valence-corrected chi connectivity index (χ4v) is 8.88. The van der Waals surface area contributed by atoms with Crippen molar-refractivity contribution in [2.75, 3.05) is 19.6 Å². The van der Waals surface area contributed by atoms with Crippen molar-refractivity contribution < 1.29 is 49.8 Å². The summed E-state index contributed by atoms with van der Waals surface area (Å²) in [7, 11) is 0. The maximum atomic E-state index is 13.7. The van der Waals surface area contributed by atoms with E-state index in [-0.39, 0.29) is 29.8 Å². The zero-order valence-electron chi connectivity index (χ0n) is 25.9. The van der Waals surface area contributed by atoms with E-state index in [9.17, 15) is 24.6 Å². The number of carbonyl (C=O) groups is 3. The van der Waals surface area contributed by atoms with Crippen LogP contribution in [-0.2, 0) is 26.2 Å². The summed E-state index contributed by atoms with van der Waals surface area (Å²) in [6.07, 6.45) is 3.40. The number of aliphatic hydroxyl groups is 3. The highest BCUT2D eigenvalue weighted by molar-refractivity contribution is 6.00. The first-order valence-corrected chi connectivity index (χ1v) is 16.3. The van der Waals surface area contributed by atoms with Crippen LogP contribution < -0.4 is 4.74 Å². The second-order valence-electron chi connectivity index (χ2n) is 13.8. The lowest BCUT2D eigenvalue weighted by Gasteiger charge is -2.64. The zero-order valence-corrected chi connectivity index (χ0v) is 25.9. The summed E-state index contributed by atoms with van der Waals surface area (Å²) in [6, 6.07) is 13.8. The third kappa shape index (κ3) is 5.00. The molecule has 2 saturated carbocycles. The fourth-order valence-electron chi connectivity index (χ4n) is 8.88. The molecule has 2 aromatic rings. The Balaban J connectivity index is 0.000000308. The molecule has 4 fully saturated rings. The topological polar surface area (TPSA) is 188 Å². The molecule has 2 aromatic carbocycles. The lowest BCUT2D eigenvalue weighted by atomic mass is 9.48. The lowest BCUT2D eigenvalue weighted by molar-refractivity contribution is -0.200. The van der Waals surface area contributed by atoms with Gasteiger partial charge in [0.1, 0.15) is 6.10 Å². The number of piperidine rings is 1. The number of ether oxygens (including phenoxy) is 1. The van der Waals surface area contributed by atoms with Crippen molar-refractivity contribution in [2.45, 2.75) is 86.4 Å². The number of carboxylic acid groups (broad SMARTS) is 2. The third-order valence-electron chi connectivity index (χ3n) is 11.2. The molecule has 2 bridgehead atoms. The average Bonchev–Trinajstić information content (AvgIpc) is 3.70. The van der Waals surface area contributed by atoms with E-state index in [0.29, 0.717) is 25.1 Å². The van der Waals surface area contributed by atoms with Crippen LogP contribution >= 0.6 is 0 Å². The van der Waals surface area contributed by atoms with Gasteiger partial charge in [0.25, 0.3) is 0 Å². The summed E-state index contributed by atoms with van der Waals surface area (Å²) in [5.74, 6) is -1.99. The molecular formula is C35H40N2O10. The Hall–Kier alpha value is -3.97. The molecule has 6 N–H and O–H groups in total. The SMILES string of the molecule is O=C(O)C(O)C(O)C(=O)O.O=C1C(=Cc2ccccc2)CCN1[C@H]1CC[C@@]2(O)[C@H]3Cc4ccc(O)c5c4[C@@]2(CCN3CC2CC2)[C@H]1O5. The Bertz CT molecular complexity index is 1610. The van der Waals surface area contributed by atoms with Gasteiger partial charge >= 0.3 is 11.9 Å². The van der Waals surface area contributed by atoms with Crippen molar-refractivity contribution in [2.24, 2.45) is 5.92 Å². The predicted octanol–water partition coefficient (Wildman–Crippen LogP) is 1.52. The lowest BCUT2D eigenvalue weighted by Crippen LogP contribution is -2.78. The van der Waals surface area contributed by atoms with Gasteiger partial charge in [-0.2, -0.15) is 0 Å². The Morgan fingerprint density at radius 2 is 1.68 bits per heavy atom. The second kappa shape index (κ2) is 11.6. The first-order chi connectivity index (χ1) is 22.5. The van der Waals surface area contributed by atoms with Gasteiger partial charge in [-0.3, -0.25) is 9.69 Å². The average molecular weight is 649 g/mol. The van der Waals surface area contributed by atoms with Crippen molar-refractivity contribution in [3.63, 3.8) is 0 Å². The summed E-state index contributed by atoms with van der Waals surface area (Å²) in [4.78, 5) is 37.8. The normalized spacial score (nSPS) is 32.6. The van der Waals surface area contributed by atoms with E-state index in [1.807, 2.05) is 47.4 Å². The molecule has 3 heterocycles. The van der Waals surface area contributed by atoms with Crippen LogP contribution in [0.2, 0.25) is 0 Å². The standard InChI is InChI=1S/C31H34N2O4.C4H6O6/c34-24-9-8-21-17-25-31(36)12-10-23(33-14-11-22(29(33)35)16-19-4-2-1-3-5-19)28-30(31,26(21)27(24)37-28)13-15-32(25)18-20-6-7-20;5-1(3(7)8)2(6)4(9)10/h1-5,8-9,16,20,23,25,28,34,36H,6-7,10-15,17-18H2;1-2,5-6H,(H,7,8)(H,9,10)/t23-,25+,28-,30-,31+;/m0./s1. The number of hydrogen-bond acceptors (Lipinski definition) is 9. The zero-order chi connectivity index (χ0) is 33.2. The van der Waals surface area contributed by atoms with Crippen LogP contribution in [0.5, 0.6) is 11.5 Å². The van der Waals surface area contributed by atoms with Crippen molar-refractivity contribution in [3.8, 4) is 11.5 Å². The maximum Gasteiger partial charge on any atom is 0.335 e. The van der Waals surface area contributed by atoms with Crippen LogP contribution in [0.25, 0.3) is 6.08 Å². The van der Waals surface area contributed by atoms with Crippen LogP contribution in [0.15, 0.2) is 48.0 Å². The molecule has 0 radical (unpaired) electrons. The van der Waals surface area contributed by atoms with Gasteiger partial charge in [0.15, 0.2) is 23.7 Å². The van der Waals surface area contributed by atoms with E-state index >= 15 is 0 Å². The molecule has 47 heavy (non-hydrogen) atoms. The number of rotatable bonds is 7. The van der Waals surface area contributed by atoms with Gasteiger partial charge in [-0.1, -0.05) is 36.4 Å². The molecule has 8 rings (SSSR count). The van der Waals surface area contributed by atoms with E-state index in [2.05, 4.69) is 4.90 Å². The molecule has 3 aliphatic heterocycles. The van der Waals surface area contributed by atoms with Crippen molar-refractivity contribution in [1.29, 1.82) is 0 Å². The molecule has 6 aliphatic rings. The Labute approximate surface area is 271 Å². The van der Waals surface area contributed by atoms with Crippen molar-refractivity contribution in [1.82, 2.24) is 9.80 Å². The summed E-state index contributed by atoms with van der Waals surface area (Å²) in [6.45, 7) is 2.66. The number of likely N-dealkylation sites (tertiary alicyclic amines) is 2. The molecule has 0 aromatic heterocycles. The van der Waals surface area contributed by atoms with Crippen LogP contribution in [0.3, 0.4) is 0 Å². The molecule has 2 unspecified atom stereocenters. The Kier molecular flexibility index (Phi) is 7.82. The molecule has 250 valence electrons. The third-order valence-corrected chi connectivity index (χ3v) is 11.2. The molecule has 12 nitrogen and oxygen atoms in total. The highest BCUT2D eigenvalue weighted by Gasteiger charge is 2.73. The van der Waals surface area contributed by atoms with Gasteiger partial charge < -0.3 is 40.3 Å². The minimum absolute atomic E-state index is 0.0553. The highest BCUT2D eigenvalue weighted by atomic mass is 16.5. The van der Waals surface area contributed by atoms with Crippen molar-refractivity contribution >= 4 is 23.9 Å². The first kappa shape index (κ1) is 31.6. The smallest absolute Gasteiger partial charge is 0.335 e. The van der Waals surface area contributed by atoms with Crippen LogP contribution in [-0.4, -0.2) is 114 Å². The molecule has 3 aliphatic carbocycles. The first-order valence-electron chi connectivity index (χ1n) is 16.3. The number of carboxylic acids is 2. The number of aromatic hydroxyl groups is 1. The molecule has 1 amide bonds. The number of aliphatic carboxylic acids is 2. The van der Waals surface area contributed by atoms with Gasteiger partial charge in [0, 0.05) is 30.3 Å². The molecule has 12 heteroatoms. The fraction of sp³-hybridized carbons (Fsp3) is 0.514. The predicted molar refractivity (Wildman–Crippen MR) is 167 cm³/mol. The largest absolute Gasteiger partial charge is 0.504 e. The van der Waals surface area contributed by atoms with Gasteiger partial charge in [-0.15, -0.1) is 0 Å². The number of amides is 1. The van der Waals surface area contributed by atoms with E-state index in [1.165, 1.54) is 18.4 Å². The Morgan fingerprint density at radius 1 is 0.979 bits per heavy atom. The van der Waals surface area contributed by atoms with Crippen LogP contribution in [0.1, 0.15) is 55.2 Å². The van der Waals surface area contributed by atoms with E-state index in [0.717, 1.165) is 55.0 Å². The minimum Gasteiger partial charge on any atom is -0.504 e. The van der Waals surface area contributed by atoms with Gasteiger partial charge in [0.2, 0.25) is 5.91 Å². The molecule has 2 saturated heterocycles. The number of phenols is 1. The number of hydrogen-bond donors (Lipinski definition) is 6. The van der Waals surface area contributed by atoms with Gasteiger partial charge in [0.05, 0.1) is 17.1 Å². The number of nitrogens with zero attached hydrogens (tertiary/aromatic N) is 2. The molecule has 7 atom stereocenters. The maximum absolute atomic E-state index is 13.7. The van der Waals surface area contributed by atoms with E-state index < -0.39 is 35.2 Å². The second-order valence-corrected chi connectivity index (χ2v) is 13.8.